The van der Waals surface area contributed by atoms with E-state index in [4.69, 9.17) is 16.0 Å². The van der Waals surface area contributed by atoms with Crippen molar-refractivity contribution in [3.05, 3.63) is 58.0 Å². The predicted molar refractivity (Wildman–Crippen MR) is 79.3 cm³/mol. The Bertz CT molecular complexity index is 674. The summed E-state index contributed by atoms with van der Waals surface area (Å²) in [5.74, 6) is 1.13. The largest absolute Gasteiger partial charge is 0.460 e. The zero-order valence-electron chi connectivity index (χ0n) is 11.5. The molecule has 0 unspecified atom stereocenters. The number of amides is 1. The molecular formula is C15H15ClN2O2. The molecule has 0 aliphatic carbocycles. The second-order valence-electron chi connectivity index (χ2n) is 4.49. The highest BCUT2D eigenvalue weighted by Crippen LogP contribution is 2.16. The van der Waals surface area contributed by atoms with Gasteiger partial charge in [-0.15, -0.1) is 0 Å². The van der Waals surface area contributed by atoms with Gasteiger partial charge < -0.3 is 4.42 Å². The van der Waals surface area contributed by atoms with Crippen LogP contribution in [-0.4, -0.2) is 11.6 Å². The smallest absolute Gasteiger partial charge is 0.272 e. The van der Waals surface area contributed by atoms with E-state index in [0.717, 1.165) is 11.3 Å². The van der Waals surface area contributed by atoms with Crippen molar-refractivity contribution in [2.75, 3.05) is 0 Å². The maximum Gasteiger partial charge on any atom is 0.272 e. The molecule has 0 aliphatic rings. The minimum Gasteiger partial charge on any atom is -0.460 e. The second kappa shape index (κ2) is 5.92. The van der Waals surface area contributed by atoms with Crippen molar-refractivity contribution in [3.8, 4) is 0 Å². The summed E-state index contributed by atoms with van der Waals surface area (Å²) in [7, 11) is 0. The molecule has 1 aromatic heterocycles. The number of nitrogens with zero attached hydrogens (tertiary/aromatic N) is 1. The van der Waals surface area contributed by atoms with Crippen molar-refractivity contribution in [2.24, 2.45) is 5.10 Å². The summed E-state index contributed by atoms with van der Waals surface area (Å²) in [5, 5.41) is 4.44. The van der Waals surface area contributed by atoms with Gasteiger partial charge in [-0.3, -0.25) is 4.79 Å². The van der Waals surface area contributed by atoms with Crippen molar-refractivity contribution in [1.82, 2.24) is 5.43 Å². The number of carbonyl (C=O) groups is 1. The van der Waals surface area contributed by atoms with Crippen molar-refractivity contribution in [1.29, 1.82) is 0 Å². The van der Waals surface area contributed by atoms with E-state index in [1.54, 1.807) is 31.2 Å². The number of benzene rings is 1. The van der Waals surface area contributed by atoms with Crippen LogP contribution in [0.3, 0.4) is 0 Å². The van der Waals surface area contributed by atoms with Crippen LogP contribution in [0.25, 0.3) is 0 Å². The molecule has 1 N–H and O–H groups in total. The minimum absolute atomic E-state index is 0.351. The van der Waals surface area contributed by atoms with E-state index in [1.165, 1.54) is 0 Å². The fourth-order valence-corrected chi connectivity index (χ4v) is 2.11. The highest BCUT2D eigenvalue weighted by Gasteiger charge is 2.11. The number of halogens is 1. The predicted octanol–water partition coefficient (Wildman–Crippen LogP) is 3.70. The lowest BCUT2D eigenvalue weighted by Crippen LogP contribution is -2.19. The van der Waals surface area contributed by atoms with E-state index in [1.807, 2.05) is 19.9 Å². The number of hydrazone groups is 1. The van der Waals surface area contributed by atoms with Crippen LogP contribution in [-0.2, 0) is 0 Å². The molecule has 2 rings (SSSR count). The molecule has 0 atom stereocenters. The fraction of sp³-hybridized carbons (Fsp3) is 0.200. The van der Waals surface area contributed by atoms with Crippen LogP contribution in [0.1, 0.15) is 34.4 Å². The van der Waals surface area contributed by atoms with Gasteiger partial charge >= 0.3 is 0 Å². The van der Waals surface area contributed by atoms with Gasteiger partial charge in [-0.2, -0.15) is 5.10 Å². The molecule has 1 heterocycles. The summed E-state index contributed by atoms with van der Waals surface area (Å²) in [5.41, 5.74) is 4.46. The zero-order chi connectivity index (χ0) is 14.7. The molecule has 0 saturated heterocycles. The normalized spacial score (nSPS) is 11.5. The van der Waals surface area contributed by atoms with Gasteiger partial charge in [0.25, 0.3) is 5.91 Å². The number of carbonyl (C=O) groups excluding carboxylic acids is 1. The van der Waals surface area contributed by atoms with Crippen molar-refractivity contribution < 1.29 is 9.21 Å². The van der Waals surface area contributed by atoms with Crippen molar-refractivity contribution in [3.63, 3.8) is 0 Å². The molecular weight excluding hydrogens is 276 g/mol. The summed E-state index contributed by atoms with van der Waals surface area (Å²) in [6.07, 6.45) is 0. The Labute approximate surface area is 122 Å². The molecule has 5 heteroatoms. The van der Waals surface area contributed by atoms with Crippen LogP contribution in [0.2, 0.25) is 5.02 Å². The maximum atomic E-state index is 12.0. The van der Waals surface area contributed by atoms with Crippen LogP contribution in [0.5, 0.6) is 0 Å². The maximum absolute atomic E-state index is 12.0. The third-order valence-electron chi connectivity index (χ3n) is 2.81. The summed E-state index contributed by atoms with van der Waals surface area (Å²) >= 11 is 5.95. The van der Waals surface area contributed by atoms with Crippen molar-refractivity contribution >= 4 is 23.2 Å². The first-order valence-electron chi connectivity index (χ1n) is 6.15. The SMILES string of the molecule is CC(=NNC(=O)c1ccccc1Cl)c1oc(C)cc1C. The topological polar surface area (TPSA) is 54.6 Å². The molecule has 0 fully saturated rings. The van der Waals surface area contributed by atoms with Crippen LogP contribution in [0, 0.1) is 13.8 Å². The second-order valence-corrected chi connectivity index (χ2v) is 4.89. The third kappa shape index (κ3) is 3.08. The minimum atomic E-state index is -0.351. The standard InChI is InChI=1S/C15H15ClN2O2/c1-9-8-10(2)20-14(9)11(3)17-18-15(19)12-6-4-5-7-13(12)16/h4-8H,1-3H3,(H,18,19). The van der Waals surface area contributed by atoms with E-state index in [2.05, 4.69) is 10.5 Å². The van der Waals surface area contributed by atoms with Crippen LogP contribution in [0.15, 0.2) is 39.9 Å². The first kappa shape index (κ1) is 14.3. The number of rotatable bonds is 3. The lowest BCUT2D eigenvalue weighted by molar-refractivity contribution is 0.0955. The third-order valence-corrected chi connectivity index (χ3v) is 3.14. The highest BCUT2D eigenvalue weighted by atomic mass is 35.5. The van der Waals surface area contributed by atoms with Crippen molar-refractivity contribution in [2.45, 2.75) is 20.8 Å². The number of aryl methyl sites for hydroxylation is 2. The summed E-state index contributed by atoms with van der Waals surface area (Å²) in [6, 6.07) is 8.74. The van der Waals surface area contributed by atoms with Gasteiger partial charge in [-0.05, 0) is 44.5 Å². The van der Waals surface area contributed by atoms with Crippen LogP contribution >= 0.6 is 11.6 Å². The number of nitrogens with one attached hydrogen (secondary N) is 1. The van der Waals surface area contributed by atoms with Crippen LogP contribution in [0.4, 0.5) is 0 Å². The summed E-state index contributed by atoms with van der Waals surface area (Å²) in [4.78, 5) is 12.0. The average Bonchev–Trinajstić information content (AvgIpc) is 2.75. The van der Waals surface area contributed by atoms with Gasteiger partial charge in [-0.25, -0.2) is 5.43 Å². The van der Waals surface area contributed by atoms with Gasteiger partial charge in [0.2, 0.25) is 0 Å². The van der Waals surface area contributed by atoms with E-state index >= 15 is 0 Å². The Morgan fingerprint density at radius 2 is 2.00 bits per heavy atom. The average molecular weight is 291 g/mol. The first-order chi connectivity index (χ1) is 9.49. The number of furan rings is 1. The molecule has 0 aliphatic heterocycles. The molecule has 2 aromatic rings. The number of hydrogen-bond acceptors (Lipinski definition) is 3. The molecule has 0 bridgehead atoms. The van der Waals surface area contributed by atoms with Gasteiger partial charge in [-0.1, -0.05) is 23.7 Å². The Hall–Kier alpha value is -2.07. The molecule has 20 heavy (non-hydrogen) atoms. The monoisotopic (exact) mass is 290 g/mol. The molecule has 1 amide bonds. The fourth-order valence-electron chi connectivity index (χ4n) is 1.89. The van der Waals surface area contributed by atoms with Gasteiger partial charge in [0.05, 0.1) is 10.6 Å². The quantitative estimate of drug-likeness (QED) is 0.692. The zero-order valence-corrected chi connectivity index (χ0v) is 12.3. The van der Waals surface area contributed by atoms with E-state index in [-0.39, 0.29) is 5.91 Å². The van der Waals surface area contributed by atoms with Gasteiger partial charge in [0, 0.05) is 0 Å². The van der Waals surface area contributed by atoms with E-state index in [9.17, 15) is 4.79 Å². The lowest BCUT2D eigenvalue weighted by Gasteiger charge is -2.03. The summed E-state index contributed by atoms with van der Waals surface area (Å²) in [6.45, 7) is 5.57. The Morgan fingerprint density at radius 3 is 2.60 bits per heavy atom. The molecule has 0 spiro atoms. The molecule has 0 saturated carbocycles. The Kier molecular flexibility index (Phi) is 4.25. The Morgan fingerprint density at radius 1 is 1.30 bits per heavy atom. The van der Waals surface area contributed by atoms with E-state index < -0.39 is 0 Å². The summed E-state index contributed by atoms with van der Waals surface area (Å²) < 4.78 is 5.53. The molecule has 104 valence electrons. The number of hydrogen-bond donors (Lipinski definition) is 1. The van der Waals surface area contributed by atoms with E-state index in [0.29, 0.717) is 22.1 Å². The Balaban J connectivity index is 2.15. The molecule has 4 nitrogen and oxygen atoms in total. The van der Waals surface area contributed by atoms with Gasteiger partial charge in [0.15, 0.2) is 5.76 Å². The molecule has 1 aromatic carbocycles. The van der Waals surface area contributed by atoms with Gasteiger partial charge in [0.1, 0.15) is 11.5 Å². The first-order valence-corrected chi connectivity index (χ1v) is 6.53. The highest BCUT2D eigenvalue weighted by molar-refractivity contribution is 6.33. The van der Waals surface area contributed by atoms with Crippen LogP contribution < -0.4 is 5.43 Å². The molecule has 0 radical (unpaired) electrons. The lowest BCUT2D eigenvalue weighted by atomic mass is 10.2.